The van der Waals surface area contributed by atoms with Crippen molar-refractivity contribution in [3.05, 3.63) is 80.6 Å². The number of nitrogen functional groups attached to an aromatic ring is 1. The first kappa shape index (κ1) is 17.2. The molecule has 0 aliphatic carbocycles. The Morgan fingerprint density at radius 1 is 0.889 bits per heavy atom. The van der Waals surface area contributed by atoms with Crippen molar-refractivity contribution in [2.45, 2.75) is 0 Å². The summed E-state index contributed by atoms with van der Waals surface area (Å²) >= 11 is 6.04. The minimum absolute atomic E-state index is 0.341. The molecule has 0 atom stereocenters. The van der Waals surface area contributed by atoms with Gasteiger partial charge >= 0.3 is 5.69 Å². The van der Waals surface area contributed by atoms with Gasteiger partial charge < -0.3 is 10.3 Å². The molecule has 0 aliphatic heterocycles. The smallest absolute Gasteiger partial charge is 0.330 e. The zero-order chi connectivity index (χ0) is 19.3. The molecule has 4 aromatic rings. The molecule has 2 N–H and O–H groups in total. The van der Waals surface area contributed by atoms with Crippen LogP contribution in [-0.2, 0) is 14.1 Å². The Labute approximate surface area is 159 Å². The molecule has 0 radical (unpaired) electrons. The van der Waals surface area contributed by atoms with Crippen LogP contribution in [0.4, 0.5) is 5.69 Å². The maximum atomic E-state index is 13.0. The van der Waals surface area contributed by atoms with Crippen molar-refractivity contribution in [1.29, 1.82) is 0 Å². The standard InChI is InChI=1S/C20H17ClN4O2/c1-23-16-11-25(15-9-7-14(22)8-10-15)18(12-3-5-13(21)6-4-12)17(16)19(26)24(2)20(23)27/h3-11H,22H2,1-2H3. The van der Waals surface area contributed by atoms with Crippen molar-refractivity contribution < 1.29 is 0 Å². The molecular formula is C20H17ClN4O2. The molecule has 6 nitrogen and oxygen atoms in total. The lowest BCUT2D eigenvalue weighted by Crippen LogP contribution is -2.36. The Hall–Kier alpha value is -3.25. The molecule has 4 rings (SSSR count). The fourth-order valence-electron chi connectivity index (χ4n) is 3.27. The Morgan fingerprint density at radius 3 is 2.15 bits per heavy atom. The van der Waals surface area contributed by atoms with E-state index in [4.69, 9.17) is 17.3 Å². The number of benzene rings is 2. The second-order valence-corrected chi connectivity index (χ2v) is 6.85. The number of aryl methyl sites for hydroxylation is 1. The molecule has 0 saturated heterocycles. The number of rotatable bonds is 2. The van der Waals surface area contributed by atoms with Crippen molar-refractivity contribution in [3.63, 3.8) is 0 Å². The van der Waals surface area contributed by atoms with Crippen molar-refractivity contribution >= 4 is 28.2 Å². The molecular weight excluding hydrogens is 364 g/mol. The van der Waals surface area contributed by atoms with Crippen LogP contribution in [0.25, 0.3) is 27.8 Å². The van der Waals surface area contributed by atoms with E-state index in [1.165, 1.54) is 11.6 Å². The maximum Gasteiger partial charge on any atom is 0.330 e. The quantitative estimate of drug-likeness (QED) is 0.543. The minimum Gasteiger partial charge on any atom is -0.399 e. The van der Waals surface area contributed by atoms with Crippen molar-refractivity contribution in [2.75, 3.05) is 5.73 Å². The van der Waals surface area contributed by atoms with Crippen molar-refractivity contribution in [3.8, 4) is 16.9 Å². The number of hydrogen-bond donors (Lipinski definition) is 1. The van der Waals surface area contributed by atoms with Gasteiger partial charge in [0.25, 0.3) is 5.56 Å². The normalized spacial score (nSPS) is 11.2. The van der Waals surface area contributed by atoms with Crippen LogP contribution in [0.3, 0.4) is 0 Å². The second kappa shape index (κ2) is 6.17. The molecule has 2 aromatic carbocycles. The summed E-state index contributed by atoms with van der Waals surface area (Å²) in [5.41, 5.74) is 8.66. The molecule has 136 valence electrons. The van der Waals surface area contributed by atoms with Crippen LogP contribution < -0.4 is 17.0 Å². The van der Waals surface area contributed by atoms with Crippen molar-refractivity contribution in [1.82, 2.24) is 13.7 Å². The van der Waals surface area contributed by atoms with Crippen LogP contribution in [0, 0.1) is 0 Å². The highest BCUT2D eigenvalue weighted by molar-refractivity contribution is 6.30. The molecule has 2 heterocycles. The number of nitrogens with two attached hydrogens (primary N) is 1. The van der Waals surface area contributed by atoms with E-state index >= 15 is 0 Å². The summed E-state index contributed by atoms with van der Waals surface area (Å²) < 4.78 is 4.49. The van der Waals surface area contributed by atoms with Crippen LogP contribution in [0.1, 0.15) is 0 Å². The molecule has 7 heteroatoms. The van der Waals surface area contributed by atoms with E-state index in [1.54, 1.807) is 37.5 Å². The summed E-state index contributed by atoms with van der Waals surface area (Å²) in [4.78, 5) is 25.3. The molecule has 0 unspecified atom stereocenters. The number of nitrogens with zero attached hydrogens (tertiary/aromatic N) is 3. The van der Waals surface area contributed by atoms with E-state index in [1.807, 2.05) is 28.8 Å². The van der Waals surface area contributed by atoms with Gasteiger partial charge in [0.15, 0.2) is 0 Å². The lowest BCUT2D eigenvalue weighted by molar-refractivity contribution is 0.714. The summed E-state index contributed by atoms with van der Waals surface area (Å²) in [5, 5.41) is 1.08. The first-order valence-electron chi connectivity index (χ1n) is 8.31. The molecule has 2 aromatic heterocycles. The SMILES string of the molecule is Cn1c(=O)c2c(-c3ccc(Cl)cc3)n(-c3ccc(N)cc3)cc2n(C)c1=O. The van der Waals surface area contributed by atoms with Crippen LogP contribution in [0.5, 0.6) is 0 Å². The monoisotopic (exact) mass is 380 g/mol. The average Bonchev–Trinajstić information content (AvgIpc) is 3.06. The third kappa shape index (κ3) is 2.65. The summed E-state index contributed by atoms with van der Waals surface area (Å²) in [5.74, 6) is 0. The Bertz CT molecular complexity index is 1280. The van der Waals surface area contributed by atoms with Crippen molar-refractivity contribution in [2.24, 2.45) is 14.1 Å². The highest BCUT2D eigenvalue weighted by Gasteiger charge is 2.20. The molecule has 27 heavy (non-hydrogen) atoms. The summed E-state index contributed by atoms with van der Waals surface area (Å²) in [6.07, 6.45) is 1.80. The van der Waals surface area contributed by atoms with E-state index in [9.17, 15) is 9.59 Å². The number of hydrogen-bond acceptors (Lipinski definition) is 3. The number of fused-ring (bicyclic) bond motifs is 1. The summed E-state index contributed by atoms with van der Waals surface area (Å²) in [7, 11) is 3.14. The van der Waals surface area contributed by atoms with Gasteiger partial charge in [-0.3, -0.25) is 13.9 Å². The van der Waals surface area contributed by atoms with Gasteiger partial charge in [0.2, 0.25) is 0 Å². The summed E-state index contributed by atoms with van der Waals surface area (Å²) in [6.45, 7) is 0. The predicted molar refractivity (Wildman–Crippen MR) is 109 cm³/mol. The van der Waals surface area contributed by atoms with Crippen LogP contribution >= 0.6 is 11.6 Å². The number of halogens is 1. The third-order valence-corrected chi connectivity index (χ3v) is 4.98. The molecule has 0 spiro atoms. The largest absolute Gasteiger partial charge is 0.399 e. The highest BCUT2D eigenvalue weighted by Crippen LogP contribution is 2.31. The topological polar surface area (TPSA) is 75.0 Å². The maximum absolute atomic E-state index is 13.0. The van der Waals surface area contributed by atoms with Crippen LogP contribution in [-0.4, -0.2) is 13.7 Å². The lowest BCUT2D eigenvalue weighted by Gasteiger charge is -2.10. The van der Waals surface area contributed by atoms with Gasteiger partial charge in [0.05, 0.1) is 16.6 Å². The first-order chi connectivity index (χ1) is 12.9. The van der Waals surface area contributed by atoms with Gasteiger partial charge in [0, 0.05) is 36.7 Å². The highest BCUT2D eigenvalue weighted by atomic mass is 35.5. The zero-order valence-electron chi connectivity index (χ0n) is 14.8. The molecule has 0 saturated carbocycles. The van der Waals surface area contributed by atoms with Gasteiger partial charge in [-0.2, -0.15) is 0 Å². The Kier molecular flexibility index (Phi) is 3.93. The molecule has 0 bridgehead atoms. The molecule has 0 fully saturated rings. The van der Waals surface area contributed by atoms with Gasteiger partial charge in [-0.05, 0) is 42.0 Å². The fourth-order valence-corrected chi connectivity index (χ4v) is 3.40. The Morgan fingerprint density at radius 2 is 1.52 bits per heavy atom. The van der Waals surface area contributed by atoms with Crippen LogP contribution in [0.15, 0.2) is 64.3 Å². The van der Waals surface area contributed by atoms with Gasteiger partial charge in [-0.15, -0.1) is 0 Å². The zero-order valence-corrected chi connectivity index (χ0v) is 15.6. The van der Waals surface area contributed by atoms with Gasteiger partial charge in [-0.25, -0.2) is 4.79 Å². The third-order valence-electron chi connectivity index (χ3n) is 4.73. The number of anilines is 1. The van der Waals surface area contributed by atoms with E-state index in [0.29, 0.717) is 27.3 Å². The van der Waals surface area contributed by atoms with E-state index < -0.39 is 0 Å². The Balaban J connectivity index is 2.18. The van der Waals surface area contributed by atoms with Gasteiger partial charge in [0.1, 0.15) is 0 Å². The molecule has 0 amide bonds. The lowest BCUT2D eigenvalue weighted by atomic mass is 10.1. The number of aromatic nitrogens is 3. The minimum atomic E-state index is -0.371. The van der Waals surface area contributed by atoms with E-state index in [-0.39, 0.29) is 11.2 Å². The molecule has 0 aliphatic rings. The first-order valence-corrected chi connectivity index (χ1v) is 8.69. The van der Waals surface area contributed by atoms with Crippen LogP contribution in [0.2, 0.25) is 5.02 Å². The van der Waals surface area contributed by atoms with E-state index in [0.717, 1.165) is 15.8 Å². The van der Waals surface area contributed by atoms with E-state index in [2.05, 4.69) is 0 Å². The second-order valence-electron chi connectivity index (χ2n) is 6.41. The van der Waals surface area contributed by atoms with Gasteiger partial charge in [-0.1, -0.05) is 23.7 Å². The fraction of sp³-hybridized carbons (Fsp3) is 0.100. The predicted octanol–water partition coefficient (Wildman–Crippen LogP) is 2.93. The summed E-state index contributed by atoms with van der Waals surface area (Å²) in [6, 6.07) is 14.6. The average molecular weight is 381 g/mol.